The Morgan fingerprint density at radius 2 is 2.05 bits per heavy atom. The minimum atomic E-state index is -0.558. The van der Waals surface area contributed by atoms with Crippen molar-refractivity contribution in [1.82, 2.24) is 20.4 Å². The van der Waals surface area contributed by atoms with Gasteiger partial charge < -0.3 is 29.9 Å². The van der Waals surface area contributed by atoms with Gasteiger partial charge >= 0.3 is 6.09 Å². The van der Waals surface area contributed by atoms with Gasteiger partial charge in [0.25, 0.3) is 5.91 Å². The number of benzene rings is 1. The van der Waals surface area contributed by atoms with Crippen LogP contribution in [0, 0.1) is 11.2 Å². The van der Waals surface area contributed by atoms with Gasteiger partial charge in [-0.15, -0.1) is 0 Å². The van der Waals surface area contributed by atoms with E-state index in [2.05, 4.69) is 27.4 Å². The average molecular weight is 518 g/mol. The lowest BCUT2D eigenvalue weighted by Crippen LogP contribution is -2.42. The maximum Gasteiger partial charge on any atom is 0.407 e. The fourth-order valence-corrected chi connectivity index (χ4v) is 4.46. The van der Waals surface area contributed by atoms with Gasteiger partial charge in [0.05, 0.1) is 5.56 Å². The van der Waals surface area contributed by atoms with E-state index in [1.54, 1.807) is 11.1 Å². The molecule has 0 saturated carbocycles. The van der Waals surface area contributed by atoms with Crippen molar-refractivity contribution in [2.24, 2.45) is 10.4 Å². The minimum Gasteiger partial charge on any atom is -0.451 e. The summed E-state index contributed by atoms with van der Waals surface area (Å²) >= 11 is 0. The lowest BCUT2D eigenvalue weighted by molar-refractivity contribution is 0.0505. The van der Waals surface area contributed by atoms with Gasteiger partial charge in [-0.25, -0.2) is 14.2 Å². The predicted molar refractivity (Wildman–Crippen MR) is 141 cm³/mol. The Hall–Kier alpha value is -3.30. The maximum atomic E-state index is 14.2. The summed E-state index contributed by atoms with van der Waals surface area (Å²) in [5, 5.41) is 5.94. The minimum absolute atomic E-state index is 0.0436. The van der Waals surface area contributed by atoms with Gasteiger partial charge in [0, 0.05) is 43.8 Å². The number of halogens is 1. The second kappa shape index (κ2) is 11.4. The number of nitrogens with zero attached hydrogens (tertiary/aromatic N) is 3. The summed E-state index contributed by atoms with van der Waals surface area (Å²) in [7, 11) is 0. The van der Waals surface area contributed by atoms with Crippen LogP contribution >= 0.6 is 0 Å². The van der Waals surface area contributed by atoms with E-state index in [0.717, 1.165) is 13.0 Å². The molecule has 1 aromatic carbocycles. The van der Waals surface area contributed by atoms with Crippen molar-refractivity contribution in [2.45, 2.75) is 66.5 Å². The zero-order chi connectivity index (χ0) is 27.4. The Balaban J connectivity index is 1.74. The fourth-order valence-electron chi connectivity index (χ4n) is 4.46. The van der Waals surface area contributed by atoms with E-state index in [0.29, 0.717) is 37.9 Å². The van der Waals surface area contributed by atoms with Crippen molar-refractivity contribution < 1.29 is 23.5 Å². The first-order valence-corrected chi connectivity index (χ1v) is 12.8. The summed E-state index contributed by atoms with van der Waals surface area (Å²) in [5.74, 6) is 0.564. The standard InChI is InChI=1S/C27H40FN5O4/c1-8-33(18(2)3)24(34)20-13-19(28)9-10-21(20)36-22-14-29-17-31-23(22)32-12-11-27(7,16-32)15-30-25(35)37-26(4,5)6/h9-10,13-14,18,29H,8,11-12,15-17H2,1-7H3,(H,30,35)/t27-/m1/s1. The van der Waals surface area contributed by atoms with E-state index in [1.165, 1.54) is 18.2 Å². The van der Waals surface area contributed by atoms with E-state index >= 15 is 0 Å². The third-order valence-electron chi connectivity index (χ3n) is 6.31. The van der Waals surface area contributed by atoms with Gasteiger partial charge in [0.2, 0.25) is 0 Å². The number of amidine groups is 1. The van der Waals surface area contributed by atoms with Crippen LogP contribution in [0.25, 0.3) is 0 Å². The van der Waals surface area contributed by atoms with Crippen LogP contribution in [0.5, 0.6) is 5.75 Å². The normalized spacial score (nSPS) is 19.6. The molecular formula is C27H40FN5O4. The van der Waals surface area contributed by atoms with Gasteiger partial charge in [-0.2, -0.15) is 0 Å². The second-order valence-corrected chi connectivity index (χ2v) is 11.1. The van der Waals surface area contributed by atoms with Gasteiger partial charge in [0.1, 0.15) is 23.8 Å². The molecule has 37 heavy (non-hydrogen) atoms. The summed E-state index contributed by atoms with van der Waals surface area (Å²) < 4.78 is 25.7. The molecule has 1 aromatic rings. The second-order valence-electron chi connectivity index (χ2n) is 11.1. The van der Waals surface area contributed by atoms with Crippen LogP contribution in [0.4, 0.5) is 9.18 Å². The number of alkyl carbamates (subject to hydrolysis) is 1. The molecule has 1 saturated heterocycles. The van der Waals surface area contributed by atoms with Crippen molar-refractivity contribution >= 4 is 17.8 Å². The zero-order valence-electron chi connectivity index (χ0n) is 23.0. The van der Waals surface area contributed by atoms with Crippen molar-refractivity contribution in [3.63, 3.8) is 0 Å². The number of hydrogen-bond acceptors (Lipinski definition) is 7. The first kappa shape index (κ1) is 28.3. The zero-order valence-corrected chi connectivity index (χ0v) is 23.0. The summed E-state index contributed by atoms with van der Waals surface area (Å²) in [4.78, 5) is 33.8. The summed E-state index contributed by atoms with van der Waals surface area (Å²) in [6, 6.07) is 3.92. The van der Waals surface area contributed by atoms with E-state index in [4.69, 9.17) is 9.47 Å². The number of nitrogens with one attached hydrogen (secondary N) is 2. The van der Waals surface area contributed by atoms with Crippen LogP contribution in [0.2, 0.25) is 0 Å². The monoisotopic (exact) mass is 517 g/mol. The van der Waals surface area contributed by atoms with Crippen LogP contribution in [-0.2, 0) is 4.74 Å². The first-order chi connectivity index (χ1) is 17.3. The number of hydrogen-bond donors (Lipinski definition) is 2. The highest BCUT2D eigenvalue weighted by molar-refractivity contribution is 5.99. The highest BCUT2D eigenvalue weighted by Crippen LogP contribution is 2.32. The highest BCUT2D eigenvalue weighted by atomic mass is 19.1. The molecule has 0 unspecified atom stereocenters. The average Bonchev–Trinajstić information content (AvgIpc) is 3.20. The number of amides is 2. The highest BCUT2D eigenvalue weighted by Gasteiger charge is 2.38. The summed E-state index contributed by atoms with van der Waals surface area (Å²) in [6.07, 6.45) is 2.11. The lowest BCUT2D eigenvalue weighted by atomic mass is 9.90. The molecule has 0 radical (unpaired) electrons. The third kappa shape index (κ3) is 7.36. The molecule has 2 aliphatic heterocycles. The lowest BCUT2D eigenvalue weighted by Gasteiger charge is -2.29. The number of aliphatic imine (C=N–C) groups is 1. The number of ether oxygens (including phenoxy) is 2. The van der Waals surface area contributed by atoms with Crippen molar-refractivity contribution in [3.05, 3.63) is 41.5 Å². The van der Waals surface area contributed by atoms with Gasteiger partial charge in [0.15, 0.2) is 11.6 Å². The Bertz CT molecular complexity index is 1070. The Morgan fingerprint density at radius 3 is 2.70 bits per heavy atom. The quantitative estimate of drug-likeness (QED) is 0.565. The Kier molecular flexibility index (Phi) is 8.71. The molecule has 2 N–H and O–H groups in total. The Morgan fingerprint density at radius 1 is 1.32 bits per heavy atom. The molecule has 204 valence electrons. The maximum absolute atomic E-state index is 14.2. The van der Waals surface area contributed by atoms with Gasteiger partial charge in [-0.1, -0.05) is 6.92 Å². The largest absolute Gasteiger partial charge is 0.451 e. The van der Waals surface area contributed by atoms with E-state index < -0.39 is 17.5 Å². The van der Waals surface area contributed by atoms with Gasteiger partial charge in [-0.05, 0) is 66.2 Å². The van der Waals surface area contributed by atoms with Crippen LogP contribution in [0.1, 0.15) is 65.2 Å². The molecule has 2 aliphatic rings. The van der Waals surface area contributed by atoms with E-state index in [-0.39, 0.29) is 28.7 Å². The molecule has 0 aliphatic carbocycles. The predicted octanol–water partition coefficient (Wildman–Crippen LogP) is 4.11. The Labute approximate surface area is 219 Å². The number of carbonyl (C=O) groups is 2. The summed E-state index contributed by atoms with van der Waals surface area (Å²) in [6.45, 7) is 16.0. The molecule has 2 heterocycles. The van der Waals surface area contributed by atoms with E-state index in [1.807, 2.05) is 41.5 Å². The molecule has 1 atom stereocenters. The number of carbonyl (C=O) groups excluding carboxylic acids is 2. The van der Waals surface area contributed by atoms with Crippen LogP contribution in [0.3, 0.4) is 0 Å². The molecule has 0 spiro atoms. The molecule has 3 rings (SSSR count). The van der Waals surface area contributed by atoms with Crippen LogP contribution in [0.15, 0.2) is 35.2 Å². The van der Waals surface area contributed by atoms with Crippen LogP contribution < -0.4 is 15.4 Å². The molecule has 9 nitrogen and oxygen atoms in total. The fraction of sp³-hybridized carbons (Fsp3) is 0.593. The molecule has 0 bridgehead atoms. The number of likely N-dealkylation sites (tertiary alicyclic amines) is 1. The topological polar surface area (TPSA) is 95.5 Å². The van der Waals surface area contributed by atoms with Crippen molar-refractivity contribution in [2.75, 3.05) is 32.8 Å². The molecular weight excluding hydrogens is 477 g/mol. The van der Waals surface area contributed by atoms with Crippen molar-refractivity contribution in [1.29, 1.82) is 0 Å². The van der Waals surface area contributed by atoms with Crippen LogP contribution in [-0.4, -0.2) is 72.1 Å². The SMILES string of the molecule is CCN(C(=O)c1cc(F)ccc1OC1=CNCN=C1N1CC[C@](C)(CNC(=O)OC(C)(C)C)C1)C(C)C. The molecule has 0 aromatic heterocycles. The van der Waals surface area contributed by atoms with E-state index in [9.17, 15) is 14.0 Å². The molecule has 1 fully saturated rings. The van der Waals surface area contributed by atoms with Gasteiger partial charge in [-0.3, -0.25) is 4.79 Å². The number of rotatable bonds is 7. The third-order valence-corrected chi connectivity index (χ3v) is 6.31. The van der Waals surface area contributed by atoms with Crippen molar-refractivity contribution in [3.8, 4) is 5.75 Å². The first-order valence-electron chi connectivity index (χ1n) is 12.8. The molecule has 2 amide bonds. The molecule has 10 heteroatoms. The summed E-state index contributed by atoms with van der Waals surface area (Å²) in [5.41, 5.74) is -0.586. The smallest absolute Gasteiger partial charge is 0.407 e.